The van der Waals surface area contributed by atoms with Crippen LogP contribution >= 0.6 is 11.8 Å². The lowest BCUT2D eigenvalue weighted by Gasteiger charge is -2.05. The predicted molar refractivity (Wildman–Crippen MR) is 81.9 cm³/mol. The molecule has 0 aromatic carbocycles. The number of hydrogen-bond acceptors (Lipinski definition) is 4. The largest absolute Gasteiger partial charge is 0.310 e. The maximum atomic E-state index is 4.53. The Balaban J connectivity index is 1.64. The van der Waals surface area contributed by atoms with Gasteiger partial charge in [-0.25, -0.2) is 9.97 Å². The molecular weight excluding hydrogens is 266 g/mol. The van der Waals surface area contributed by atoms with Gasteiger partial charge >= 0.3 is 0 Å². The van der Waals surface area contributed by atoms with E-state index in [1.54, 1.807) is 11.8 Å². The molecule has 1 aliphatic rings. The van der Waals surface area contributed by atoms with E-state index in [1.807, 2.05) is 13.1 Å². The average molecular weight is 285 g/mol. The summed E-state index contributed by atoms with van der Waals surface area (Å²) in [7, 11) is 0. The lowest BCUT2D eigenvalue weighted by molar-refractivity contribution is 0.685. The van der Waals surface area contributed by atoms with Crippen molar-refractivity contribution < 1.29 is 0 Å². The van der Waals surface area contributed by atoms with Crippen LogP contribution in [0.4, 0.5) is 0 Å². The molecule has 0 unspecified atom stereocenters. The van der Waals surface area contributed by atoms with E-state index in [1.165, 1.54) is 24.0 Å². The molecule has 0 aliphatic heterocycles. The maximum Gasteiger partial charge on any atom is 0.103 e. The number of rotatable bonds is 5. The van der Waals surface area contributed by atoms with Gasteiger partial charge in [-0.3, -0.25) is 0 Å². The van der Waals surface area contributed by atoms with Crippen molar-refractivity contribution in [3.05, 3.63) is 47.3 Å². The van der Waals surface area contributed by atoms with Gasteiger partial charge in [-0.2, -0.15) is 0 Å². The van der Waals surface area contributed by atoms with Crippen LogP contribution in [0.25, 0.3) is 0 Å². The third kappa shape index (κ3) is 3.81. The summed E-state index contributed by atoms with van der Waals surface area (Å²) in [6.45, 7) is 5.04. The monoisotopic (exact) mass is 285 g/mol. The standard InChI is InChI=1S/C16H19N3S/c1-11-7-12(2)19-16(8-11)20-15-6-3-13(10-18-15)9-17-14-4-5-14/h3,6-8,10,14,17H,4-5,9H2,1-2H3. The van der Waals surface area contributed by atoms with Crippen LogP contribution in [0.3, 0.4) is 0 Å². The summed E-state index contributed by atoms with van der Waals surface area (Å²) in [6.07, 6.45) is 4.60. The first kappa shape index (κ1) is 13.6. The molecule has 0 bridgehead atoms. The quantitative estimate of drug-likeness (QED) is 0.912. The minimum absolute atomic E-state index is 0.739. The summed E-state index contributed by atoms with van der Waals surface area (Å²) >= 11 is 1.62. The molecule has 2 aromatic heterocycles. The van der Waals surface area contributed by atoms with E-state index in [0.29, 0.717) is 0 Å². The molecule has 1 N–H and O–H groups in total. The van der Waals surface area contributed by atoms with Gasteiger partial charge in [0, 0.05) is 24.5 Å². The number of nitrogens with one attached hydrogen (secondary N) is 1. The molecule has 3 rings (SSSR count). The number of pyridine rings is 2. The van der Waals surface area contributed by atoms with E-state index < -0.39 is 0 Å². The second-order valence-electron chi connectivity index (χ2n) is 5.39. The molecular formula is C16H19N3S. The van der Waals surface area contributed by atoms with Gasteiger partial charge in [-0.1, -0.05) is 17.8 Å². The normalized spacial score (nSPS) is 14.5. The zero-order valence-electron chi connectivity index (χ0n) is 11.9. The zero-order chi connectivity index (χ0) is 13.9. The molecule has 1 aliphatic carbocycles. The molecule has 2 heterocycles. The van der Waals surface area contributed by atoms with Crippen molar-refractivity contribution in [1.82, 2.24) is 15.3 Å². The van der Waals surface area contributed by atoms with E-state index in [2.05, 4.69) is 46.5 Å². The lowest BCUT2D eigenvalue weighted by atomic mass is 10.3. The minimum Gasteiger partial charge on any atom is -0.310 e. The van der Waals surface area contributed by atoms with Crippen LogP contribution in [0.5, 0.6) is 0 Å². The van der Waals surface area contributed by atoms with Gasteiger partial charge in [0.2, 0.25) is 0 Å². The highest BCUT2D eigenvalue weighted by atomic mass is 32.2. The van der Waals surface area contributed by atoms with Crippen LogP contribution < -0.4 is 5.32 Å². The van der Waals surface area contributed by atoms with E-state index >= 15 is 0 Å². The summed E-state index contributed by atoms with van der Waals surface area (Å²) < 4.78 is 0. The Morgan fingerprint density at radius 3 is 2.70 bits per heavy atom. The number of aryl methyl sites for hydroxylation is 2. The molecule has 1 fully saturated rings. The first-order valence-corrected chi connectivity index (χ1v) is 7.82. The third-order valence-electron chi connectivity index (χ3n) is 3.25. The minimum atomic E-state index is 0.739. The Hall–Kier alpha value is -1.39. The van der Waals surface area contributed by atoms with Gasteiger partial charge in [0.15, 0.2) is 0 Å². The molecule has 1 saturated carbocycles. The summed E-state index contributed by atoms with van der Waals surface area (Å²) in [4.78, 5) is 9.04. The fourth-order valence-electron chi connectivity index (χ4n) is 2.09. The third-order valence-corrected chi connectivity index (χ3v) is 4.12. The first-order valence-electron chi connectivity index (χ1n) is 7.00. The molecule has 0 atom stereocenters. The molecule has 104 valence electrons. The van der Waals surface area contributed by atoms with Gasteiger partial charge in [-0.05, 0) is 56.0 Å². The van der Waals surface area contributed by atoms with Crippen molar-refractivity contribution in [3.8, 4) is 0 Å². The van der Waals surface area contributed by atoms with E-state index in [4.69, 9.17) is 0 Å². The zero-order valence-corrected chi connectivity index (χ0v) is 12.7. The summed E-state index contributed by atoms with van der Waals surface area (Å²) in [5.74, 6) is 0. The maximum absolute atomic E-state index is 4.53. The van der Waals surface area contributed by atoms with Crippen molar-refractivity contribution in [2.24, 2.45) is 0 Å². The van der Waals surface area contributed by atoms with E-state index in [0.717, 1.165) is 28.3 Å². The van der Waals surface area contributed by atoms with Crippen LogP contribution in [0.2, 0.25) is 0 Å². The number of hydrogen-bond donors (Lipinski definition) is 1. The van der Waals surface area contributed by atoms with Crippen molar-refractivity contribution in [3.63, 3.8) is 0 Å². The van der Waals surface area contributed by atoms with Crippen LogP contribution in [0.15, 0.2) is 40.5 Å². The van der Waals surface area contributed by atoms with E-state index in [9.17, 15) is 0 Å². The molecule has 0 amide bonds. The number of nitrogens with zero attached hydrogens (tertiary/aromatic N) is 2. The molecule has 4 heteroatoms. The van der Waals surface area contributed by atoms with Gasteiger partial charge < -0.3 is 5.32 Å². The molecule has 20 heavy (non-hydrogen) atoms. The Morgan fingerprint density at radius 2 is 2.05 bits per heavy atom. The van der Waals surface area contributed by atoms with Crippen LogP contribution in [0.1, 0.15) is 29.7 Å². The van der Waals surface area contributed by atoms with Crippen molar-refractivity contribution in [2.75, 3.05) is 0 Å². The predicted octanol–water partition coefficient (Wildman–Crippen LogP) is 3.50. The average Bonchev–Trinajstić information content (AvgIpc) is 3.21. The SMILES string of the molecule is Cc1cc(C)nc(Sc2ccc(CNC3CC3)cn2)c1. The second-order valence-corrected chi connectivity index (χ2v) is 6.43. The van der Waals surface area contributed by atoms with Crippen molar-refractivity contribution in [1.29, 1.82) is 0 Å². The highest BCUT2D eigenvalue weighted by Crippen LogP contribution is 2.25. The molecule has 0 radical (unpaired) electrons. The van der Waals surface area contributed by atoms with Gasteiger partial charge in [0.25, 0.3) is 0 Å². The van der Waals surface area contributed by atoms with Crippen LogP contribution in [-0.2, 0) is 6.54 Å². The Morgan fingerprint density at radius 1 is 1.20 bits per heavy atom. The van der Waals surface area contributed by atoms with Crippen molar-refractivity contribution >= 4 is 11.8 Å². The first-order chi connectivity index (χ1) is 9.69. The molecule has 0 saturated heterocycles. The van der Waals surface area contributed by atoms with Crippen LogP contribution in [0, 0.1) is 13.8 Å². The summed E-state index contributed by atoms with van der Waals surface area (Å²) in [5.41, 5.74) is 3.54. The van der Waals surface area contributed by atoms with E-state index in [-0.39, 0.29) is 0 Å². The fraction of sp³-hybridized carbons (Fsp3) is 0.375. The van der Waals surface area contributed by atoms with Gasteiger partial charge in [0.05, 0.1) is 0 Å². The highest BCUT2D eigenvalue weighted by molar-refractivity contribution is 7.99. The van der Waals surface area contributed by atoms with Gasteiger partial charge in [-0.15, -0.1) is 0 Å². The Labute approximate surface area is 124 Å². The molecule has 2 aromatic rings. The fourth-order valence-corrected chi connectivity index (χ4v) is 2.98. The van der Waals surface area contributed by atoms with Crippen molar-refractivity contribution in [2.45, 2.75) is 49.3 Å². The lowest BCUT2D eigenvalue weighted by Crippen LogP contribution is -2.15. The topological polar surface area (TPSA) is 37.8 Å². The molecule has 3 nitrogen and oxygen atoms in total. The Kier molecular flexibility index (Phi) is 4.03. The summed E-state index contributed by atoms with van der Waals surface area (Å²) in [5, 5.41) is 5.51. The summed E-state index contributed by atoms with van der Waals surface area (Å²) in [6, 6.07) is 9.15. The second kappa shape index (κ2) is 5.94. The highest BCUT2D eigenvalue weighted by Gasteiger charge is 2.19. The Bertz CT molecular complexity index is 571. The number of aromatic nitrogens is 2. The molecule has 0 spiro atoms. The van der Waals surface area contributed by atoms with Gasteiger partial charge in [0.1, 0.15) is 10.1 Å². The van der Waals surface area contributed by atoms with Crippen LogP contribution in [-0.4, -0.2) is 16.0 Å². The smallest absolute Gasteiger partial charge is 0.103 e.